The maximum Gasteiger partial charge on any atom is 0.407 e. The summed E-state index contributed by atoms with van der Waals surface area (Å²) >= 11 is 1.26. The van der Waals surface area contributed by atoms with Gasteiger partial charge in [-0.2, -0.15) is 0 Å². The summed E-state index contributed by atoms with van der Waals surface area (Å²) in [6.45, 7) is 5.00. The number of thiophene rings is 1. The van der Waals surface area contributed by atoms with E-state index in [1.165, 1.54) is 18.4 Å². The van der Waals surface area contributed by atoms with Gasteiger partial charge in [-0.1, -0.05) is 0 Å². The van der Waals surface area contributed by atoms with Gasteiger partial charge in [0.05, 0.1) is 13.4 Å². The highest BCUT2D eigenvalue weighted by molar-refractivity contribution is 7.08. The average Bonchev–Trinajstić information content (AvgIpc) is 2.93. The second-order valence-corrected chi connectivity index (χ2v) is 6.30. The van der Waals surface area contributed by atoms with Crippen molar-refractivity contribution < 1.29 is 28.2 Å². The molecule has 1 amide bonds. The van der Waals surface area contributed by atoms with E-state index in [1.54, 1.807) is 31.5 Å². The number of carbonyl (C=O) groups is 2. The van der Waals surface area contributed by atoms with Crippen molar-refractivity contribution in [2.45, 2.75) is 26.4 Å². The number of rotatable bonds is 6. The van der Waals surface area contributed by atoms with Gasteiger partial charge in [-0.25, -0.2) is 14.0 Å². The van der Waals surface area contributed by atoms with Crippen LogP contribution in [0.25, 0.3) is 0 Å². The highest BCUT2D eigenvalue weighted by Gasteiger charge is 2.17. The Morgan fingerprint density at radius 2 is 2.04 bits per heavy atom. The first-order valence-corrected chi connectivity index (χ1v) is 7.73. The number of hydrogen-bond donors (Lipinski definition) is 1. The fraction of sp³-hybridized carbons (Fsp3) is 0.467. The van der Waals surface area contributed by atoms with Crippen molar-refractivity contribution in [3.8, 4) is 5.75 Å². The normalized spacial score (nSPS) is 11.8. The molecule has 6 nitrogen and oxygen atoms in total. The molecule has 0 spiro atoms. The zero-order valence-corrected chi connectivity index (χ0v) is 14.3. The smallest absolute Gasteiger partial charge is 0.407 e. The molecule has 128 valence electrons. The maximum absolute atomic E-state index is 12.9. The van der Waals surface area contributed by atoms with Crippen LogP contribution in [0.5, 0.6) is 5.75 Å². The summed E-state index contributed by atoms with van der Waals surface area (Å²) in [5.74, 6) is -0.225. The zero-order chi connectivity index (χ0) is 17.5. The quantitative estimate of drug-likeness (QED) is 0.801. The molecule has 1 rings (SSSR count). The summed E-state index contributed by atoms with van der Waals surface area (Å²) in [7, 11) is 1.27. The lowest BCUT2D eigenvalue weighted by Gasteiger charge is -2.20. The van der Waals surface area contributed by atoms with Crippen LogP contribution < -0.4 is 10.1 Å². The largest absolute Gasteiger partial charge is 0.487 e. The Morgan fingerprint density at radius 1 is 1.35 bits per heavy atom. The number of carbonyl (C=O) groups excluding carboxylic acids is 2. The molecule has 1 aromatic rings. The molecule has 0 saturated heterocycles. The van der Waals surface area contributed by atoms with E-state index < -0.39 is 17.7 Å². The Balaban J connectivity index is 2.51. The lowest BCUT2D eigenvalue weighted by atomic mass is 10.2. The molecule has 0 aliphatic rings. The fourth-order valence-corrected chi connectivity index (χ4v) is 2.18. The van der Waals surface area contributed by atoms with Gasteiger partial charge in [-0.15, -0.1) is 11.3 Å². The Bertz CT molecular complexity index is 577. The van der Waals surface area contributed by atoms with Crippen molar-refractivity contribution in [3.63, 3.8) is 0 Å². The molecule has 0 radical (unpaired) electrons. The van der Waals surface area contributed by atoms with Gasteiger partial charge >= 0.3 is 12.1 Å². The Labute approximate surface area is 138 Å². The van der Waals surface area contributed by atoms with Crippen LogP contribution in [0.4, 0.5) is 9.18 Å². The van der Waals surface area contributed by atoms with Crippen LogP contribution in [-0.2, 0) is 9.47 Å². The van der Waals surface area contributed by atoms with Gasteiger partial charge in [0.25, 0.3) is 0 Å². The maximum atomic E-state index is 12.9. The summed E-state index contributed by atoms with van der Waals surface area (Å²) in [4.78, 5) is 23.0. The first-order valence-electron chi connectivity index (χ1n) is 6.79. The van der Waals surface area contributed by atoms with Crippen molar-refractivity contribution in [2.24, 2.45) is 0 Å². The van der Waals surface area contributed by atoms with E-state index in [-0.39, 0.29) is 24.3 Å². The van der Waals surface area contributed by atoms with E-state index in [1.807, 2.05) is 0 Å². The molecule has 1 aromatic heterocycles. The molecule has 0 unspecified atom stereocenters. The number of amides is 1. The van der Waals surface area contributed by atoms with Gasteiger partial charge in [0.1, 0.15) is 23.5 Å². The SMILES string of the molecule is COC(=O)c1cscc1OC/C(=C/F)CNC(=O)OC(C)(C)C. The molecule has 0 aliphatic carbocycles. The van der Waals surface area contributed by atoms with Gasteiger partial charge in [0.15, 0.2) is 0 Å². The number of hydrogen-bond acceptors (Lipinski definition) is 6. The molecule has 0 bridgehead atoms. The Morgan fingerprint density at radius 3 is 2.61 bits per heavy atom. The van der Waals surface area contributed by atoms with Crippen molar-refractivity contribution in [2.75, 3.05) is 20.3 Å². The lowest BCUT2D eigenvalue weighted by Crippen LogP contribution is -2.34. The number of halogens is 1. The molecule has 0 aliphatic heterocycles. The molecule has 23 heavy (non-hydrogen) atoms. The predicted octanol–water partition coefficient (Wildman–Crippen LogP) is 3.29. The van der Waals surface area contributed by atoms with Crippen LogP contribution in [0, 0.1) is 0 Å². The Hall–Kier alpha value is -2.09. The van der Waals surface area contributed by atoms with E-state index in [9.17, 15) is 14.0 Å². The number of esters is 1. The minimum absolute atomic E-state index is 0.0664. The molecule has 1 N–H and O–H groups in total. The minimum Gasteiger partial charge on any atom is -0.487 e. The summed E-state index contributed by atoms with van der Waals surface area (Å²) in [6, 6.07) is 0. The molecule has 0 atom stereocenters. The average molecular weight is 345 g/mol. The highest BCUT2D eigenvalue weighted by Crippen LogP contribution is 2.24. The number of methoxy groups -OCH3 is 1. The zero-order valence-electron chi connectivity index (χ0n) is 13.5. The summed E-state index contributed by atoms with van der Waals surface area (Å²) < 4.78 is 27.9. The third-order valence-electron chi connectivity index (χ3n) is 2.46. The topological polar surface area (TPSA) is 73.9 Å². The van der Waals surface area contributed by atoms with Crippen LogP contribution in [0.3, 0.4) is 0 Å². The van der Waals surface area contributed by atoms with Crippen LogP contribution >= 0.6 is 11.3 Å². The second kappa shape index (κ2) is 8.52. The van der Waals surface area contributed by atoms with Gasteiger partial charge in [-0.05, 0) is 20.8 Å². The number of alkyl carbamates (subject to hydrolysis) is 1. The van der Waals surface area contributed by atoms with Crippen molar-refractivity contribution in [3.05, 3.63) is 28.2 Å². The standard InChI is InChI=1S/C15H20FNO5S/c1-15(2,3)22-14(19)17-6-10(5-16)7-21-12-9-23-8-11(12)13(18)20-4/h5,8-9H,6-7H2,1-4H3,(H,17,19)/b10-5+. The van der Waals surface area contributed by atoms with E-state index >= 15 is 0 Å². The Kier molecular flexibility index (Phi) is 7.02. The van der Waals surface area contributed by atoms with Crippen LogP contribution in [0.2, 0.25) is 0 Å². The van der Waals surface area contributed by atoms with E-state index in [4.69, 9.17) is 9.47 Å². The highest BCUT2D eigenvalue weighted by atomic mass is 32.1. The monoisotopic (exact) mass is 345 g/mol. The lowest BCUT2D eigenvalue weighted by molar-refractivity contribution is 0.0530. The first-order chi connectivity index (χ1) is 10.8. The van der Waals surface area contributed by atoms with Gasteiger partial charge in [0, 0.05) is 22.9 Å². The molecule has 8 heteroatoms. The molecular formula is C15H20FNO5S. The van der Waals surface area contributed by atoms with Gasteiger partial charge in [-0.3, -0.25) is 0 Å². The van der Waals surface area contributed by atoms with Crippen LogP contribution in [0.15, 0.2) is 22.7 Å². The first kappa shape index (κ1) is 19.0. The predicted molar refractivity (Wildman–Crippen MR) is 84.6 cm³/mol. The second-order valence-electron chi connectivity index (χ2n) is 5.55. The van der Waals surface area contributed by atoms with Crippen molar-refractivity contribution in [1.29, 1.82) is 0 Å². The number of nitrogens with one attached hydrogen (secondary N) is 1. The molecule has 1 heterocycles. The van der Waals surface area contributed by atoms with Crippen LogP contribution in [0.1, 0.15) is 31.1 Å². The summed E-state index contributed by atoms with van der Waals surface area (Å²) in [6.07, 6.45) is -0.302. The summed E-state index contributed by atoms with van der Waals surface area (Å²) in [5.41, 5.74) is -0.166. The fourth-order valence-electron chi connectivity index (χ4n) is 1.45. The van der Waals surface area contributed by atoms with Gasteiger partial charge in [0.2, 0.25) is 0 Å². The van der Waals surface area contributed by atoms with E-state index in [0.717, 1.165) is 0 Å². The van der Waals surface area contributed by atoms with Crippen molar-refractivity contribution >= 4 is 23.4 Å². The molecular weight excluding hydrogens is 325 g/mol. The van der Waals surface area contributed by atoms with Crippen LogP contribution in [-0.4, -0.2) is 37.9 Å². The number of ether oxygens (including phenoxy) is 3. The van der Waals surface area contributed by atoms with Crippen molar-refractivity contribution in [1.82, 2.24) is 5.32 Å². The minimum atomic E-state index is -0.650. The van der Waals surface area contributed by atoms with E-state index in [0.29, 0.717) is 12.1 Å². The van der Waals surface area contributed by atoms with Gasteiger partial charge < -0.3 is 19.5 Å². The molecule has 0 fully saturated rings. The molecule has 0 saturated carbocycles. The summed E-state index contributed by atoms with van der Waals surface area (Å²) in [5, 5.41) is 5.63. The third-order valence-corrected chi connectivity index (χ3v) is 3.18. The van der Waals surface area contributed by atoms with E-state index in [2.05, 4.69) is 10.1 Å². The third kappa shape index (κ3) is 6.68. The molecule has 0 aromatic carbocycles.